The lowest BCUT2D eigenvalue weighted by atomic mass is 9.78. The van der Waals surface area contributed by atoms with Gasteiger partial charge in [-0.2, -0.15) is 0 Å². The number of amides is 1. The van der Waals surface area contributed by atoms with Crippen molar-refractivity contribution in [1.82, 2.24) is 10.3 Å². The fraction of sp³-hybridized carbons (Fsp3) is 0.360. The summed E-state index contributed by atoms with van der Waals surface area (Å²) in [6.45, 7) is 6.64. The Hall–Kier alpha value is -2.33. The van der Waals surface area contributed by atoms with Crippen LogP contribution in [0.4, 0.5) is 0 Å². The highest BCUT2D eigenvalue weighted by Gasteiger charge is 2.29. The topological polar surface area (TPSA) is 42.0 Å². The lowest BCUT2D eigenvalue weighted by Crippen LogP contribution is -2.43. The lowest BCUT2D eigenvalue weighted by Gasteiger charge is -2.34. The van der Waals surface area contributed by atoms with Crippen LogP contribution in [-0.2, 0) is 0 Å². The SMILES string of the molecule is Cc1ccc(Sc2cc(C(=O)NC3CCCC(C)C3C)c3ccccc3n2)cc1. The maximum absolute atomic E-state index is 13.3. The number of para-hydroxylation sites is 1. The van der Waals surface area contributed by atoms with Crippen LogP contribution in [0.25, 0.3) is 10.9 Å². The molecule has 1 aliphatic carbocycles. The van der Waals surface area contributed by atoms with Gasteiger partial charge in [-0.25, -0.2) is 4.98 Å². The van der Waals surface area contributed by atoms with Crippen LogP contribution in [0.5, 0.6) is 0 Å². The van der Waals surface area contributed by atoms with Gasteiger partial charge in [0.25, 0.3) is 5.91 Å². The monoisotopic (exact) mass is 404 g/mol. The highest BCUT2D eigenvalue weighted by atomic mass is 32.2. The zero-order valence-corrected chi connectivity index (χ0v) is 18.1. The average Bonchev–Trinajstić information content (AvgIpc) is 2.72. The van der Waals surface area contributed by atoms with Crippen LogP contribution in [0.1, 0.15) is 49.0 Å². The molecule has 3 aromatic rings. The predicted octanol–water partition coefficient (Wildman–Crippen LogP) is 6.25. The molecule has 4 heteroatoms. The molecule has 1 amide bonds. The third-order valence-corrected chi connectivity index (χ3v) is 7.13. The first-order valence-electron chi connectivity index (χ1n) is 10.5. The highest BCUT2D eigenvalue weighted by molar-refractivity contribution is 7.99. The van der Waals surface area contributed by atoms with E-state index in [0.717, 1.165) is 32.8 Å². The van der Waals surface area contributed by atoms with Gasteiger partial charge in [-0.15, -0.1) is 0 Å². The first kappa shape index (κ1) is 20.0. The Balaban J connectivity index is 1.65. The van der Waals surface area contributed by atoms with E-state index in [1.54, 1.807) is 11.8 Å². The minimum Gasteiger partial charge on any atom is -0.349 e. The third kappa shape index (κ3) is 4.48. The number of aryl methyl sites for hydroxylation is 1. The predicted molar refractivity (Wildman–Crippen MR) is 120 cm³/mol. The molecule has 3 nitrogen and oxygen atoms in total. The van der Waals surface area contributed by atoms with Gasteiger partial charge in [-0.05, 0) is 49.4 Å². The summed E-state index contributed by atoms with van der Waals surface area (Å²) in [5.41, 5.74) is 2.81. The molecular weight excluding hydrogens is 376 g/mol. The van der Waals surface area contributed by atoms with Crippen LogP contribution >= 0.6 is 11.8 Å². The Labute approximate surface area is 177 Å². The summed E-state index contributed by atoms with van der Waals surface area (Å²) in [5.74, 6) is 1.17. The summed E-state index contributed by atoms with van der Waals surface area (Å²) in [4.78, 5) is 19.2. The quantitative estimate of drug-likeness (QED) is 0.559. The standard InChI is InChI=1S/C25H28N2OS/c1-16-11-13-19(14-12-16)29-24-15-21(20-8-4-5-9-23(20)26-24)25(28)27-22-10-6-7-17(2)18(22)3/h4-5,8-9,11-15,17-18,22H,6-7,10H2,1-3H3,(H,27,28). The molecule has 150 valence electrons. The van der Waals surface area contributed by atoms with E-state index >= 15 is 0 Å². The van der Waals surface area contributed by atoms with E-state index in [1.165, 1.54) is 18.4 Å². The van der Waals surface area contributed by atoms with E-state index in [4.69, 9.17) is 4.98 Å². The second-order valence-electron chi connectivity index (χ2n) is 8.29. The fourth-order valence-electron chi connectivity index (χ4n) is 4.15. The van der Waals surface area contributed by atoms with Crippen molar-refractivity contribution in [2.75, 3.05) is 0 Å². The number of hydrogen-bond donors (Lipinski definition) is 1. The number of aromatic nitrogens is 1. The van der Waals surface area contributed by atoms with Gasteiger partial charge in [-0.3, -0.25) is 4.79 Å². The van der Waals surface area contributed by atoms with Gasteiger partial charge >= 0.3 is 0 Å². The smallest absolute Gasteiger partial charge is 0.252 e. The molecule has 3 unspecified atom stereocenters. The van der Waals surface area contributed by atoms with Crippen molar-refractivity contribution in [3.05, 3.63) is 65.7 Å². The molecule has 1 aromatic heterocycles. The molecule has 0 radical (unpaired) electrons. The highest BCUT2D eigenvalue weighted by Crippen LogP contribution is 2.32. The first-order valence-corrected chi connectivity index (χ1v) is 11.3. The van der Waals surface area contributed by atoms with Gasteiger partial charge < -0.3 is 5.32 Å². The number of carbonyl (C=O) groups is 1. The van der Waals surface area contributed by atoms with Crippen molar-refractivity contribution in [3.8, 4) is 0 Å². The Morgan fingerprint density at radius 1 is 1.07 bits per heavy atom. The minimum absolute atomic E-state index is 0.0142. The number of benzene rings is 2. The first-order chi connectivity index (χ1) is 14.0. The van der Waals surface area contributed by atoms with Crippen molar-refractivity contribution in [3.63, 3.8) is 0 Å². The van der Waals surface area contributed by atoms with E-state index in [9.17, 15) is 4.79 Å². The van der Waals surface area contributed by atoms with Crippen LogP contribution in [0.15, 0.2) is 64.5 Å². The zero-order valence-electron chi connectivity index (χ0n) is 17.3. The Morgan fingerprint density at radius 3 is 2.62 bits per heavy atom. The summed E-state index contributed by atoms with van der Waals surface area (Å²) < 4.78 is 0. The van der Waals surface area contributed by atoms with E-state index in [0.29, 0.717) is 11.8 Å². The van der Waals surface area contributed by atoms with Gasteiger partial charge in [0.1, 0.15) is 5.03 Å². The number of fused-ring (bicyclic) bond motifs is 1. The van der Waals surface area contributed by atoms with Crippen molar-refractivity contribution < 1.29 is 4.79 Å². The molecule has 1 N–H and O–H groups in total. The van der Waals surface area contributed by atoms with Gasteiger partial charge in [0.2, 0.25) is 0 Å². The lowest BCUT2D eigenvalue weighted by molar-refractivity contribution is 0.0892. The van der Waals surface area contributed by atoms with Gasteiger partial charge in [-0.1, -0.05) is 74.3 Å². The van der Waals surface area contributed by atoms with Crippen LogP contribution < -0.4 is 5.32 Å². The van der Waals surface area contributed by atoms with E-state index < -0.39 is 0 Å². The second kappa shape index (κ2) is 8.58. The average molecular weight is 405 g/mol. The molecule has 29 heavy (non-hydrogen) atoms. The molecule has 1 fully saturated rings. The molecule has 3 atom stereocenters. The maximum Gasteiger partial charge on any atom is 0.252 e. The molecular formula is C25H28N2OS. The minimum atomic E-state index is 0.0142. The largest absolute Gasteiger partial charge is 0.349 e. The van der Waals surface area contributed by atoms with Crippen molar-refractivity contribution in [2.24, 2.45) is 11.8 Å². The van der Waals surface area contributed by atoms with E-state index in [-0.39, 0.29) is 11.9 Å². The van der Waals surface area contributed by atoms with Crippen molar-refractivity contribution >= 4 is 28.6 Å². The molecule has 0 saturated heterocycles. The molecule has 2 aromatic carbocycles. The Bertz CT molecular complexity index is 1020. The van der Waals surface area contributed by atoms with Crippen LogP contribution in [0.3, 0.4) is 0 Å². The molecule has 4 rings (SSSR count). The summed E-state index contributed by atoms with van der Waals surface area (Å²) in [6, 6.07) is 18.5. The molecule has 1 aliphatic rings. The zero-order chi connectivity index (χ0) is 20.4. The van der Waals surface area contributed by atoms with Crippen LogP contribution in [0.2, 0.25) is 0 Å². The normalized spacial score (nSPS) is 21.8. The molecule has 1 heterocycles. The number of carbonyl (C=O) groups excluding carboxylic acids is 1. The van der Waals surface area contributed by atoms with E-state index in [2.05, 4.69) is 50.4 Å². The summed E-state index contributed by atoms with van der Waals surface area (Å²) >= 11 is 1.60. The van der Waals surface area contributed by atoms with E-state index in [1.807, 2.05) is 30.3 Å². The van der Waals surface area contributed by atoms with Gasteiger partial charge in [0.15, 0.2) is 0 Å². The maximum atomic E-state index is 13.3. The third-order valence-electron chi connectivity index (χ3n) is 6.20. The van der Waals surface area contributed by atoms with Crippen LogP contribution in [-0.4, -0.2) is 16.9 Å². The van der Waals surface area contributed by atoms with Gasteiger partial charge in [0, 0.05) is 16.3 Å². The second-order valence-corrected chi connectivity index (χ2v) is 9.38. The fourth-order valence-corrected chi connectivity index (χ4v) is 4.98. The Kier molecular flexibility index (Phi) is 5.91. The summed E-state index contributed by atoms with van der Waals surface area (Å²) in [7, 11) is 0. The number of rotatable bonds is 4. The number of hydrogen-bond acceptors (Lipinski definition) is 3. The van der Waals surface area contributed by atoms with Crippen molar-refractivity contribution in [1.29, 1.82) is 0 Å². The number of nitrogens with zero attached hydrogens (tertiary/aromatic N) is 1. The van der Waals surface area contributed by atoms with Crippen molar-refractivity contribution in [2.45, 2.75) is 56.0 Å². The molecule has 0 spiro atoms. The number of pyridine rings is 1. The summed E-state index contributed by atoms with van der Waals surface area (Å²) in [6.07, 6.45) is 3.50. The summed E-state index contributed by atoms with van der Waals surface area (Å²) in [5, 5.41) is 5.09. The van der Waals surface area contributed by atoms with Gasteiger partial charge in [0.05, 0.1) is 11.1 Å². The van der Waals surface area contributed by atoms with Crippen LogP contribution in [0, 0.1) is 18.8 Å². The molecule has 0 bridgehead atoms. The number of nitrogens with one attached hydrogen (secondary N) is 1. The molecule has 1 saturated carbocycles. The molecule has 0 aliphatic heterocycles. The Morgan fingerprint density at radius 2 is 1.83 bits per heavy atom.